The number of hydroxylamine groups is 4. The van der Waals surface area contributed by atoms with E-state index in [2.05, 4.69) is 0 Å². The van der Waals surface area contributed by atoms with Gasteiger partial charge in [-0.25, -0.2) is 9.65 Å². The highest BCUT2D eigenvalue weighted by atomic mass is 16.9. The van der Waals surface area contributed by atoms with Gasteiger partial charge in [-0.15, -0.1) is 0 Å². The van der Waals surface area contributed by atoms with Crippen LogP contribution in [0.5, 0.6) is 0 Å². The second-order valence-electron chi connectivity index (χ2n) is 2.28. The van der Waals surface area contributed by atoms with Gasteiger partial charge < -0.3 is 5.21 Å². The molecule has 1 rings (SSSR count). The van der Waals surface area contributed by atoms with Crippen LogP contribution < -0.4 is 0 Å². The Labute approximate surface area is 49.0 Å². The van der Waals surface area contributed by atoms with Crippen LogP contribution in [0.15, 0.2) is 0 Å². The fraction of sp³-hybridized carbons (Fsp3) is 1.00. The summed E-state index contributed by atoms with van der Waals surface area (Å²) in [7, 11) is 1.54. The molecule has 3 heteroatoms. The molecule has 1 saturated heterocycles. The lowest BCUT2D eigenvalue weighted by molar-refractivity contribution is -1.06. The van der Waals surface area contributed by atoms with Crippen molar-refractivity contribution in [2.45, 2.75) is 12.8 Å². The van der Waals surface area contributed by atoms with E-state index < -0.39 is 4.81 Å². The smallest absolute Gasteiger partial charge is 0.108 e. The van der Waals surface area contributed by atoms with Gasteiger partial charge in [-0.05, 0) is 6.42 Å². The standard InChI is InChI=1S/C5H11NO2/c1-6(7)4-2-3-5-8-6/h2-5H2,1H3. The average molecular weight is 117 g/mol. The minimum Gasteiger partial charge on any atom is -0.598 e. The first-order chi connectivity index (χ1) is 3.71. The fourth-order valence-corrected chi connectivity index (χ4v) is 0.823. The maximum Gasteiger partial charge on any atom is 0.108 e. The average Bonchev–Trinajstić information content (AvgIpc) is 1.65. The van der Waals surface area contributed by atoms with E-state index in [1.165, 1.54) is 0 Å². The maximum atomic E-state index is 10.8. The van der Waals surface area contributed by atoms with Crippen LogP contribution in [-0.2, 0) is 4.84 Å². The van der Waals surface area contributed by atoms with Gasteiger partial charge >= 0.3 is 0 Å². The van der Waals surface area contributed by atoms with Gasteiger partial charge in [-0.2, -0.15) is 0 Å². The van der Waals surface area contributed by atoms with Gasteiger partial charge in [-0.1, -0.05) is 0 Å². The SMILES string of the molecule is C[N+]1([O-])CCCCO1. The molecule has 1 unspecified atom stereocenters. The molecule has 0 aromatic rings. The second-order valence-corrected chi connectivity index (χ2v) is 2.28. The summed E-state index contributed by atoms with van der Waals surface area (Å²) in [6.07, 6.45) is 2.04. The number of quaternary nitrogens is 1. The van der Waals surface area contributed by atoms with Crippen molar-refractivity contribution in [2.24, 2.45) is 0 Å². The van der Waals surface area contributed by atoms with E-state index in [4.69, 9.17) is 4.84 Å². The summed E-state index contributed by atoms with van der Waals surface area (Å²) in [5.41, 5.74) is 0. The van der Waals surface area contributed by atoms with Crippen molar-refractivity contribution in [3.63, 3.8) is 0 Å². The van der Waals surface area contributed by atoms with Crippen LogP contribution in [0.1, 0.15) is 12.8 Å². The molecule has 48 valence electrons. The Kier molecular flexibility index (Phi) is 1.51. The minimum atomic E-state index is -0.500. The molecule has 8 heavy (non-hydrogen) atoms. The number of hydrogen-bond donors (Lipinski definition) is 0. The Morgan fingerprint density at radius 3 is 2.50 bits per heavy atom. The Balaban J connectivity index is 2.33. The van der Waals surface area contributed by atoms with E-state index >= 15 is 0 Å². The largest absolute Gasteiger partial charge is 0.598 e. The predicted molar refractivity (Wildman–Crippen MR) is 29.6 cm³/mol. The molecule has 0 aromatic carbocycles. The molecule has 1 fully saturated rings. The van der Waals surface area contributed by atoms with Crippen molar-refractivity contribution in [1.29, 1.82) is 0 Å². The third kappa shape index (κ3) is 1.43. The Bertz CT molecular complexity index is 74.5. The van der Waals surface area contributed by atoms with E-state index in [0.717, 1.165) is 12.8 Å². The number of hydrogen-bond acceptors (Lipinski definition) is 2. The molecule has 0 saturated carbocycles. The molecule has 1 aliphatic rings. The summed E-state index contributed by atoms with van der Waals surface area (Å²) in [4.78, 5) is 4.35. The van der Waals surface area contributed by atoms with Crippen LogP contribution in [0.2, 0.25) is 0 Å². The van der Waals surface area contributed by atoms with Crippen molar-refractivity contribution < 1.29 is 9.65 Å². The highest BCUT2D eigenvalue weighted by Crippen LogP contribution is 2.10. The van der Waals surface area contributed by atoms with Gasteiger partial charge in [0, 0.05) is 6.42 Å². The van der Waals surface area contributed by atoms with Crippen LogP contribution in [-0.4, -0.2) is 25.0 Å². The van der Waals surface area contributed by atoms with E-state index in [1.807, 2.05) is 0 Å². The molecule has 0 spiro atoms. The molecular weight excluding hydrogens is 106 g/mol. The van der Waals surface area contributed by atoms with Gasteiger partial charge in [0.2, 0.25) is 0 Å². The van der Waals surface area contributed by atoms with Gasteiger partial charge in [0.25, 0.3) is 0 Å². The zero-order chi connectivity index (χ0) is 6.04. The van der Waals surface area contributed by atoms with Crippen molar-refractivity contribution in [3.05, 3.63) is 5.21 Å². The summed E-state index contributed by atoms with van der Waals surface area (Å²) in [5.74, 6) is 0. The fourth-order valence-electron chi connectivity index (χ4n) is 0.823. The predicted octanol–water partition coefficient (Wildman–Crippen LogP) is 0.656. The van der Waals surface area contributed by atoms with Gasteiger partial charge in [0.15, 0.2) is 0 Å². The van der Waals surface area contributed by atoms with E-state index in [-0.39, 0.29) is 0 Å². The van der Waals surface area contributed by atoms with Crippen molar-refractivity contribution in [1.82, 2.24) is 0 Å². The monoisotopic (exact) mass is 117 g/mol. The van der Waals surface area contributed by atoms with Crippen LogP contribution >= 0.6 is 0 Å². The van der Waals surface area contributed by atoms with Crippen LogP contribution in [0, 0.1) is 5.21 Å². The van der Waals surface area contributed by atoms with Crippen LogP contribution in [0.25, 0.3) is 0 Å². The maximum absolute atomic E-state index is 10.8. The minimum absolute atomic E-state index is 0.500. The molecule has 0 aromatic heterocycles. The molecular formula is C5H11NO2. The third-order valence-corrected chi connectivity index (χ3v) is 1.32. The number of rotatable bonds is 0. The highest BCUT2D eigenvalue weighted by Gasteiger charge is 2.15. The first kappa shape index (κ1) is 6.01. The molecule has 0 N–H and O–H groups in total. The highest BCUT2D eigenvalue weighted by molar-refractivity contribution is 4.40. The number of nitrogens with zero attached hydrogens (tertiary/aromatic N) is 1. The van der Waals surface area contributed by atoms with Crippen LogP contribution in [0.3, 0.4) is 0 Å². The van der Waals surface area contributed by atoms with Crippen LogP contribution in [0.4, 0.5) is 0 Å². The van der Waals surface area contributed by atoms with E-state index in [9.17, 15) is 5.21 Å². The Morgan fingerprint density at radius 1 is 1.50 bits per heavy atom. The lowest BCUT2D eigenvalue weighted by atomic mass is 10.3. The van der Waals surface area contributed by atoms with Gasteiger partial charge in [-0.3, -0.25) is 0 Å². The lowest BCUT2D eigenvalue weighted by Crippen LogP contribution is -2.41. The lowest BCUT2D eigenvalue weighted by Gasteiger charge is -2.37. The van der Waals surface area contributed by atoms with Crippen molar-refractivity contribution >= 4 is 0 Å². The summed E-state index contributed by atoms with van der Waals surface area (Å²) in [6.45, 7) is 1.24. The quantitative estimate of drug-likeness (QED) is 0.345. The van der Waals surface area contributed by atoms with Crippen molar-refractivity contribution in [2.75, 3.05) is 20.2 Å². The first-order valence-corrected chi connectivity index (χ1v) is 2.92. The molecule has 1 atom stereocenters. The molecule has 0 radical (unpaired) electrons. The molecule has 3 nitrogen and oxygen atoms in total. The third-order valence-electron chi connectivity index (χ3n) is 1.32. The molecule has 0 aliphatic carbocycles. The van der Waals surface area contributed by atoms with Gasteiger partial charge in [0.1, 0.15) is 13.2 Å². The molecule has 1 heterocycles. The zero-order valence-corrected chi connectivity index (χ0v) is 5.09. The summed E-state index contributed by atoms with van der Waals surface area (Å²) < 4.78 is 0. The van der Waals surface area contributed by atoms with Gasteiger partial charge in [0.05, 0.1) is 7.05 Å². The molecule has 0 bridgehead atoms. The topological polar surface area (TPSA) is 32.3 Å². The molecule has 0 amide bonds. The molecule has 1 aliphatic heterocycles. The zero-order valence-electron chi connectivity index (χ0n) is 5.09. The Morgan fingerprint density at radius 2 is 2.25 bits per heavy atom. The van der Waals surface area contributed by atoms with E-state index in [1.54, 1.807) is 7.05 Å². The van der Waals surface area contributed by atoms with E-state index in [0.29, 0.717) is 13.2 Å². The second kappa shape index (κ2) is 2.01. The summed E-state index contributed by atoms with van der Waals surface area (Å²) in [5, 5.41) is 10.8. The first-order valence-electron chi connectivity index (χ1n) is 2.92. The summed E-state index contributed by atoms with van der Waals surface area (Å²) >= 11 is 0. The normalized spacial score (nSPS) is 39.8. The summed E-state index contributed by atoms with van der Waals surface area (Å²) in [6, 6.07) is 0. The Hall–Kier alpha value is -0.120. The van der Waals surface area contributed by atoms with Crippen molar-refractivity contribution in [3.8, 4) is 0 Å².